The Hall–Kier alpha value is -2.41. The van der Waals surface area contributed by atoms with Crippen molar-refractivity contribution in [1.29, 1.82) is 0 Å². The predicted molar refractivity (Wildman–Crippen MR) is 108 cm³/mol. The van der Waals surface area contributed by atoms with Crippen LogP contribution in [0.15, 0.2) is 42.6 Å². The molecule has 2 atom stereocenters. The largest absolute Gasteiger partial charge is 0.472 e. The molecule has 6 nitrogen and oxygen atoms in total. The van der Waals surface area contributed by atoms with Crippen molar-refractivity contribution < 1.29 is 17.9 Å². The van der Waals surface area contributed by atoms with Crippen LogP contribution < -0.4 is 4.74 Å². The Balaban J connectivity index is 1.79. The second-order valence-corrected chi connectivity index (χ2v) is 9.66. The third kappa shape index (κ3) is 5.10. The summed E-state index contributed by atoms with van der Waals surface area (Å²) in [6.45, 7) is 4.44. The molecule has 1 fully saturated rings. The fraction of sp³-hybridized carbons (Fsp3) is 0.429. The van der Waals surface area contributed by atoms with E-state index >= 15 is 0 Å². The maximum atomic E-state index is 13.2. The second-order valence-electron chi connectivity index (χ2n) is 7.52. The number of aryl methyl sites for hydroxylation is 1. The molecule has 7 heteroatoms. The third-order valence-electron chi connectivity index (χ3n) is 4.94. The molecule has 0 saturated carbocycles. The van der Waals surface area contributed by atoms with Gasteiger partial charge in [-0.05, 0) is 49.9 Å². The first kappa shape index (κ1) is 20.3. The molecule has 0 aliphatic carbocycles. The third-order valence-corrected chi connectivity index (χ3v) is 5.78. The molecule has 0 unspecified atom stereocenters. The SMILES string of the molecule is Cc1ccnc(O[C@@H]2CC[C@@H](C)N(C(=O)c3ccccc3CS(C)(=O)=O)C2)c1. The van der Waals surface area contributed by atoms with Crippen LogP contribution in [0, 0.1) is 6.92 Å². The lowest BCUT2D eigenvalue weighted by Gasteiger charge is -2.38. The van der Waals surface area contributed by atoms with Gasteiger partial charge in [-0.3, -0.25) is 4.79 Å². The normalized spacial score (nSPS) is 20.0. The number of aromatic nitrogens is 1. The number of ether oxygens (including phenoxy) is 1. The standard InChI is InChI=1S/C21H26N2O4S/c1-15-10-11-22-20(12-15)27-18-9-8-16(2)23(13-18)21(24)19-7-5-4-6-17(19)14-28(3,25)26/h4-7,10-12,16,18H,8-9,13-14H2,1-3H3/t16-,18-/m1/s1. The van der Waals surface area contributed by atoms with E-state index in [1.807, 2.05) is 26.0 Å². The molecule has 2 aromatic rings. The summed E-state index contributed by atoms with van der Waals surface area (Å²) >= 11 is 0. The monoisotopic (exact) mass is 402 g/mol. The number of nitrogens with zero attached hydrogens (tertiary/aromatic N) is 2. The van der Waals surface area contributed by atoms with Gasteiger partial charge in [0.15, 0.2) is 9.84 Å². The maximum Gasteiger partial charge on any atom is 0.254 e. The van der Waals surface area contributed by atoms with Crippen LogP contribution >= 0.6 is 0 Å². The molecule has 0 N–H and O–H groups in total. The highest BCUT2D eigenvalue weighted by Gasteiger charge is 2.32. The lowest BCUT2D eigenvalue weighted by molar-refractivity contribution is 0.0372. The fourth-order valence-electron chi connectivity index (χ4n) is 3.49. The van der Waals surface area contributed by atoms with Gasteiger partial charge >= 0.3 is 0 Å². The summed E-state index contributed by atoms with van der Waals surface area (Å²) in [6, 6.07) is 10.8. The molecule has 1 saturated heterocycles. The lowest BCUT2D eigenvalue weighted by Crippen LogP contribution is -2.49. The molecule has 1 aromatic heterocycles. The topological polar surface area (TPSA) is 76.6 Å². The molecule has 1 aromatic carbocycles. The van der Waals surface area contributed by atoms with E-state index in [2.05, 4.69) is 4.98 Å². The number of rotatable bonds is 5. The number of hydrogen-bond acceptors (Lipinski definition) is 5. The maximum absolute atomic E-state index is 13.2. The van der Waals surface area contributed by atoms with Crippen LogP contribution in [0.5, 0.6) is 5.88 Å². The molecule has 2 heterocycles. The Bertz CT molecular complexity index is 958. The molecule has 0 bridgehead atoms. The average molecular weight is 403 g/mol. The number of sulfone groups is 1. The van der Waals surface area contributed by atoms with Crippen LogP contribution in [0.3, 0.4) is 0 Å². The zero-order valence-corrected chi connectivity index (χ0v) is 17.3. The Morgan fingerprint density at radius 3 is 2.71 bits per heavy atom. The minimum atomic E-state index is -3.24. The average Bonchev–Trinajstić information content (AvgIpc) is 2.62. The van der Waals surface area contributed by atoms with Crippen molar-refractivity contribution in [2.45, 2.75) is 44.6 Å². The van der Waals surface area contributed by atoms with Gasteiger partial charge in [0.1, 0.15) is 6.10 Å². The molecule has 1 aliphatic rings. The smallest absolute Gasteiger partial charge is 0.254 e. The Labute approximate surface area is 166 Å². The van der Waals surface area contributed by atoms with E-state index < -0.39 is 9.84 Å². The van der Waals surface area contributed by atoms with Crippen LogP contribution in [0.2, 0.25) is 0 Å². The Morgan fingerprint density at radius 1 is 1.25 bits per heavy atom. The summed E-state index contributed by atoms with van der Waals surface area (Å²) in [5.74, 6) is 0.256. The quantitative estimate of drug-likeness (QED) is 0.768. The summed E-state index contributed by atoms with van der Waals surface area (Å²) in [5, 5.41) is 0. The fourth-order valence-corrected chi connectivity index (χ4v) is 4.31. The molecule has 1 aliphatic heterocycles. The predicted octanol–water partition coefficient (Wildman–Crippen LogP) is 3.01. The van der Waals surface area contributed by atoms with Crippen molar-refractivity contribution in [3.05, 3.63) is 59.3 Å². The number of piperidine rings is 1. The zero-order chi connectivity index (χ0) is 20.3. The zero-order valence-electron chi connectivity index (χ0n) is 16.5. The first-order valence-electron chi connectivity index (χ1n) is 9.39. The van der Waals surface area contributed by atoms with E-state index in [0.29, 0.717) is 23.6 Å². The summed E-state index contributed by atoms with van der Waals surface area (Å²) in [5.41, 5.74) is 2.04. The van der Waals surface area contributed by atoms with Gasteiger partial charge in [-0.1, -0.05) is 18.2 Å². The van der Waals surface area contributed by atoms with Gasteiger partial charge in [-0.2, -0.15) is 0 Å². The van der Waals surface area contributed by atoms with Gasteiger partial charge in [0, 0.05) is 30.1 Å². The van der Waals surface area contributed by atoms with Crippen molar-refractivity contribution in [3.63, 3.8) is 0 Å². The number of carbonyl (C=O) groups excluding carboxylic acids is 1. The molecule has 150 valence electrons. The summed E-state index contributed by atoms with van der Waals surface area (Å²) < 4.78 is 29.5. The highest BCUT2D eigenvalue weighted by molar-refractivity contribution is 7.89. The van der Waals surface area contributed by atoms with Crippen LogP contribution in [0.4, 0.5) is 0 Å². The van der Waals surface area contributed by atoms with Crippen molar-refractivity contribution in [2.24, 2.45) is 0 Å². The van der Waals surface area contributed by atoms with Crippen LogP contribution in [0.1, 0.15) is 41.3 Å². The number of carbonyl (C=O) groups is 1. The number of amides is 1. The lowest BCUT2D eigenvalue weighted by atomic mass is 9.99. The molecule has 28 heavy (non-hydrogen) atoms. The van der Waals surface area contributed by atoms with E-state index in [-0.39, 0.29) is 23.8 Å². The van der Waals surface area contributed by atoms with E-state index in [1.54, 1.807) is 35.4 Å². The van der Waals surface area contributed by atoms with Crippen molar-refractivity contribution in [3.8, 4) is 5.88 Å². The molecule has 0 radical (unpaired) electrons. The van der Waals surface area contributed by atoms with Crippen LogP contribution in [0.25, 0.3) is 0 Å². The molecule has 1 amide bonds. The Morgan fingerprint density at radius 2 is 2.00 bits per heavy atom. The van der Waals surface area contributed by atoms with Crippen LogP contribution in [-0.2, 0) is 15.6 Å². The minimum absolute atomic E-state index is 0.0594. The van der Waals surface area contributed by atoms with Gasteiger partial charge in [0.25, 0.3) is 5.91 Å². The summed E-state index contributed by atoms with van der Waals surface area (Å²) in [6.07, 6.45) is 4.40. The Kier molecular flexibility index (Phi) is 6.03. The first-order chi connectivity index (χ1) is 13.2. The van der Waals surface area contributed by atoms with Crippen molar-refractivity contribution in [2.75, 3.05) is 12.8 Å². The van der Waals surface area contributed by atoms with Crippen LogP contribution in [-0.4, -0.2) is 49.2 Å². The van der Waals surface area contributed by atoms with E-state index in [9.17, 15) is 13.2 Å². The number of benzene rings is 1. The van der Waals surface area contributed by atoms with Crippen molar-refractivity contribution >= 4 is 15.7 Å². The molecular formula is C21H26N2O4S. The molecular weight excluding hydrogens is 376 g/mol. The van der Waals surface area contributed by atoms with Crippen molar-refractivity contribution in [1.82, 2.24) is 9.88 Å². The van der Waals surface area contributed by atoms with E-state index in [1.165, 1.54) is 6.26 Å². The summed E-state index contributed by atoms with van der Waals surface area (Å²) in [7, 11) is -3.24. The minimum Gasteiger partial charge on any atom is -0.472 e. The molecule has 0 spiro atoms. The van der Waals surface area contributed by atoms with Gasteiger partial charge in [-0.25, -0.2) is 13.4 Å². The number of hydrogen-bond donors (Lipinski definition) is 0. The number of likely N-dealkylation sites (tertiary alicyclic amines) is 1. The van der Waals surface area contributed by atoms with E-state index in [0.717, 1.165) is 18.4 Å². The van der Waals surface area contributed by atoms with Gasteiger partial charge in [0.05, 0.1) is 12.3 Å². The van der Waals surface area contributed by atoms with Gasteiger partial charge < -0.3 is 9.64 Å². The highest BCUT2D eigenvalue weighted by atomic mass is 32.2. The van der Waals surface area contributed by atoms with Gasteiger partial charge in [0.2, 0.25) is 5.88 Å². The number of pyridine rings is 1. The molecule has 3 rings (SSSR count). The van der Waals surface area contributed by atoms with Gasteiger partial charge in [-0.15, -0.1) is 0 Å². The summed E-state index contributed by atoms with van der Waals surface area (Å²) in [4.78, 5) is 19.3. The highest BCUT2D eigenvalue weighted by Crippen LogP contribution is 2.24. The van der Waals surface area contributed by atoms with E-state index in [4.69, 9.17) is 4.74 Å². The second kappa shape index (κ2) is 8.31. The first-order valence-corrected chi connectivity index (χ1v) is 11.4.